The number of carbonyl (C=O) groups is 1. The Morgan fingerprint density at radius 2 is 2.22 bits per heavy atom. The van der Waals surface area contributed by atoms with Crippen LogP contribution in [0.15, 0.2) is 22.8 Å². The Hall–Kier alpha value is -1.11. The van der Waals surface area contributed by atoms with Crippen molar-refractivity contribution in [3.63, 3.8) is 0 Å². The van der Waals surface area contributed by atoms with Gasteiger partial charge >= 0.3 is 0 Å². The topological polar surface area (TPSA) is 70.7 Å². The number of aromatic amines is 1. The van der Waals surface area contributed by atoms with E-state index in [0.717, 1.165) is 10.2 Å². The fraction of sp³-hybridized carbons (Fsp3) is 0.100. The quantitative estimate of drug-likeness (QED) is 0.837. The Morgan fingerprint density at radius 3 is 2.89 bits per heavy atom. The van der Waals surface area contributed by atoms with Gasteiger partial charge in [-0.05, 0) is 28.1 Å². The summed E-state index contributed by atoms with van der Waals surface area (Å²) >= 11 is 14.9. The molecule has 2 N–H and O–H groups in total. The van der Waals surface area contributed by atoms with Crippen LogP contribution in [-0.2, 0) is 6.54 Å². The molecule has 2 aromatic heterocycles. The number of nitrogens with zero attached hydrogens (tertiary/aromatic N) is 2. The van der Waals surface area contributed by atoms with Gasteiger partial charge in [0, 0.05) is 0 Å². The van der Waals surface area contributed by atoms with E-state index in [1.54, 1.807) is 6.20 Å². The molecule has 2 aromatic rings. The Kier molecular flexibility index (Phi) is 4.21. The predicted octanol–water partition coefficient (Wildman–Crippen LogP) is 2.80. The van der Waals surface area contributed by atoms with E-state index in [1.807, 2.05) is 0 Å². The SMILES string of the molecule is O=C(NCc1[nH]ncc1Br)c1nc(Cl)ccc1Cl. The van der Waals surface area contributed by atoms with Gasteiger partial charge in [0.2, 0.25) is 0 Å². The van der Waals surface area contributed by atoms with Crippen LogP contribution in [0.4, 0.5) is 0 Å². The first-order valence-electron chi connectivity index (χ1n) is 4.86. The second-order valence-electron chi connectivity index (χ2n) is 3.34. The lowest BCUT2D eigenvalue weighted by molar-refractivity contribution is 0.0945. The molecule has 18 heavy (non-hydrogen) atoms. The number of halogens is 3. The maximum absolute atomic E-state index is 11.9. The molecule has 2 heterocycles. The predicted molar refractivity (Wildman–Crippen MR) is 71.7 cm³/mol. The van der Waals surface area contributed by atoms with Crippen LogP contribution in [0.25, 0.3) is 0 Å². The molecule has 0 atom stereocenters. The smallest absolute Gasteiger partial charge is 0.271 e. The van der Waals surface area contributed by atoms with Crippen molar-refractivity contribution in [3.8, 4) is 0 Å². The fourth-order valence-electron chi connectivity index (χ4n) is 1.25. The summed E-state index contributed by atoms with van der Waals surface area (Å²) in [5.74, 6) is -0.399. The van der Waals surface area contributed by atoms with Crippen molar-refractivity contribution in [3.05, 3.63) is 44.4 Å². The average Bonchev–Trinajstić information content (AvgIpc) is 2.75. The third kappa shape index (κ3) is 3.01. The van der Waals surface area contributed by atoms with Gasteiger partial charge in [-0.2, -0.15) is 5.10 Å². The second-order valence-corrected chi connectivity index (χ2v) is 4.99. The first-order chi connectivity index (χ1) is 8.58. The standard InChI is InChI=1S/C10H7BrCl2N4O/c11-5-3-15-17-7(5)4-14-10(18)9-6(12)1-2-8(13)16-9/h1-3H,4H2,(H,14,18)(H,15,17). The zero-order valence-electron chi connectivity index (χ0n) is 8.88. The highest BCUT2D eigenvalue weighted by Crippen LogP contribution is 2.17. The zero-order chi connectivity index (χ0) is 13.1. The summed E-state index contributed by atoms with van der Waals surface area (Å²) in [5.41, 5.74) is 0.848. The van der Waals surface area contributed by atoms with Crippen LogP contribution in [0.1, 0.15) is 16.2 Å². The van der Waals surface area contributed by atoms with Crippen LogP contribution in [0.3, 0.4) is 0 Å². The molecule has 0 aliphatic heterocycles. The summed E-state index contributed by atoms with van der Waals surface area (Å²) in [7, 11) is 0. The third-order valence-electron chi connectivity index (χ3n) is 2.12. The van der Waals surface area contributed by atoms with Gasteiger partial charge in [-0.1, -0.05) is 23.2 Å². The molecule has 2 rings (SSSR count). The molecule has 0 aliphatic rings. The van der Waals surface area contributed by atoms with E-state index in [4.69, 9.17) is 23.2 Å². The zero-order valence-corrected chi connectivity index (χ0v) is 12.0. The van der Waals surface area contributed by atoms with Crippen LogP contribution in [0, 0.1) is 0 Å². The van der Waals surface area contributed by atoms with E-state index in [2.05, 4.69) is 36.4 Å². The van der Waals surface area contributed by atoms with Gasteiger partial charge in [0.05, 0.1) is 27.9 Å². The Bertz CT molecular complexity index is 587. The van der Waals surface area contributed by atoms with Crippen LogP contribution in [0.2, 0.25) is 10.2 Å². The molecule has 0 radical (unpaired) electrons. The molecule has 0 saturated heterocycles. The molecule has 0 unspecified atom stereocenters. The van der Waals surface area contributed by atoms with Crippen LogP contribution >= 0.6 is 39.1 Å². The summed E-state index contributed by atoms with van der Waals surface area (Å²) in [5, 5.41) is 9.70. The highest BCUT2D eigenvalue weighted by atomic mass is 79.9. The van der Waals surface area contributed by atoms with Gasteiger partial charge in [-0.25, -0.2) is 4.98 Å². The fourth-order valence-corrected chi connectivity index (χ4v) is 1.92. The molecule has 94 valence electrons. The van der Waals surface area contributed by atoms with Gasteiger partial charge in [0.25, 0.3) is 5.91 Å². The van der Waals surface area contributed by atoms with Crippen LogP contribution < -0.4 is 5.32 Å². The van der Waals surface area contributed by atoms with E-state index in [1.165, 1.54) is 12.1 Å². The minimum Gasteiger partial charge on any atom is -0.345 e. The van der Waals surface area contributed by atoms with Crippen molar-refractivity contribution in [2.75, 3.05) is 0 Å². The van der Waals surface area contributed by atoms with Crippen molar-refractivity contribution < 1.29 is 4.79 Å². The molecule has 0 aliphatic carbocycles. The molecule has 0 spiro atoms. The number of aromatic nitrogens is 3. The number of hydrogen-bond acceptors (Lipinski definition) is 3. The lowest BCUT2D eigenvalue weighted by Crippen LogP contribution is -2.24. The van der Waals surface area contributed by atoms with Crippen molar-refractivity contribution >= 4 is 45.0 Å². The summed E-state index contributed by atoms with van der Waals surface area (Å²) in [6.07, 6.45) is 1.60. The van der Waals surface area contributed by atoms with Crippen molar-refractivity contribution in [2.45, 2.75) is 6.54 Å². The molecule has 0 fully saturated rings. The van der Waals surface area contributed by atoms with E-state index in [9.17, 15) is 4.79 Å². The Morgan fingerprint density at radius 1 is 1.44 bits per heavy atom. The van der Waals surface area contributed by atoms with Gasteiger partial charge in [-0.15, -0.1) is 0 Å². The minimum atomic E-state index is -0.399. The molecular formula is C10H7BrCl2N4O. The first kappa shape index (κ1) is 13.3. The highest BCUT2D eigenvalue weighted by Gasteiger charge is 2.13. The number of rotatable bonds is 3. The van der Waals surface area contributed by atoms with Crippen molar-refractivity contribution in [2.24, 2.45) is 0 Å². The van der Waals surface area contributed by atoms with Crippen LogP contribution in [0.5, 0.6) is 0 Å². The van der Waals surface area contributed by atoms with E-state index in [0.29, 0.717) is 0 Å². The Balaban J connectivity index is 2.08. The summed E-state index contributed by atoms with van der Waals surface area (Å²) in [6, 6.07) is 3.05. The molecule has 5 nitrogen and oxygen atoms in total. The van der Waals surface area contributed by atoms with E-state index in [-0.39, 0.29) is 22.4 Å². The lowest BCUT2D eigenvalue weighted by Gasteiger charge is -2.05. The molecule has 0 aromatic carbocycles. The Labute approximate surface area is 121 Å². The highest BCUT2D eigenvalue weighted by molar-refractivity contribution is 9.10. The van der Waals surface area contributed by atoms with Gasteiger partial charge in [0.15, 0.2) is 0 Å². The monoisotopic (exact) mass is 348 g/mol. The summed E-state index contributed by atoms with van der Waals surface area (Å²) < 4.78 is 0.785. The molecule has 0 saturated carbocycles. The van der Waals surface area contributed by atoms with Crippen molar-refractivity contribution in [1.82, 2.24) is 20.5 Å². The van der Waals surface area contributed by atoms with Gasteiger partial charge in [-0.3, -0.25) is 9.89 Å². The lowest BCUT2D eigenvalue weighted by atomic mass is 10.3. The first-order valence-corrected chi connectivity index (χ1v) is 6.41. The average molecular weight is 350 g/mol. The second kappa shape index (κ2) is 5.69. The summed E-state index contributed by atoms with van der Waals surface area (Å²) in [4.78, 5) is 15.7. The maximum atomic E-state index is 11.9. The number of amides is 1. The van der Waals surface area contributed by atoms with E-state index < -0.39 is 5.91 Å². The normalized spacial score (nSPS) is 10.4. The number of pyridine rings is 1. The number of nitrogens with one attached hydrogen (secondary N) is 2. The van der Waals surface area contributed by atoms with E-state index >= 15 is 0 Å². The molecule has 1 amide bonds. The minimum absolute atomic E-state index is 0.0970. The summed E-state index contributed by atoms with van der Waals surface area (Å²) in [6.45, 7) is 0.282. The number of carbonyl (C=O) groups excluding carboxylic acids is 1. The largest absolute Gasteiger partial charge is 0.345 e. The van der Waals surface area contributed by atoms with Gasteiger partial charge < -0.3 is 5.32 Å². The third-order valence-corrected chi connectivity index (χ3v) is 3.32. The molecule has 0 bridgehead atoms. The van der Waals surface area contributed by atoms with Crippen LogP contribution in [-0.4, -0.2) is 21.1 Å². The molecular weight excluding hydrogens is 343 g/mol. The van der Waals surface area contributed by atoms with Gasteiger partial charge in [0.1, 0.15) is 10.8 Å². The number of H-pyrrole nitrogens is 1. The maximum Gasteiger partial charge on any atom is 0.271 e. The van der Waals surface area contributed by atoms with Crippen molar-refractivity contribution in [1.29, 1.82) is 0 Å². The number of hydrogen-bond donors (Lipinski definition) is 2. The molecule has 8 heteroatoms.